The molecule has 1 saturated carbocycles. The van der Waals surface area contributed by atoms with Crippen LogP contribution in [0.1, 0.15) is 54.1 Å². The number of carbonyl (C=O) groups excluding carboxylic acids is 1. The van der Waals surface area contributed by atoms with Crippen molar-refractivity contribution in [2.24, 2.45) is 0 Å². The van der Waals surface area contributed by atoms with Crippen molar-refractivity contribution < 1.29 is 14.3 Å². The van der Waals surface area contributed by atoms with E-state index in [-0.39, 0.29) is 5.78 Å². The highest BCUT2D eigenvalue weighted by Gasteiger charge is 2.43. The number of Topliss-reactive ketones (excluding diaryl/α,β-unsaturated/α-hetero) is 1. The number of ether oxygens (including phenoxy) is 2. The van der Waals surface area contributed by atoms with E-state index < -0.39 is 5.60 Å². The highest BCUT2D eigenvalue weighted by molar-refractivity contribution is 6.05. The summed E-state index contributed by atoms with van der Waals surface area (Å²) in [5.41, 5.74) is 2.19. The summed E-state index contributed by atoms with van der Waals surface area (Å²) in [6.07, 6.45) is 3.74. The quantitative estimate of drug-likeness (QED) is 0.766. The summed E-state index contributed by atoms with van der Waals surface area (Å²) in [6, 6.07) is 3.86. The van der Waals surface area contributed by atoms with Crippen LogP contribution in [0.4, 0.5) is 0 Å². The van der Waals surface area contributed by atoms with Crippen LogP contribution < -0.4 is 4.74 Å². The molecule has 0 bridgehead atoms. The highest BCUT2D eigenvalue weighted by atomic mass is 16.5. The fourth-order valence-electron chi connectivity index (χ4n) is 3.14. The summed E-state index contributed by atoms with van der Waals surface area (Å²) in [5.74, 6) is 0.776. The number of benzene rings is 1. The molecule has 1 aromatic carbocycles. The molecule has 3 heteroatoms. The monoisotopic (exact) mass is 276 g/mol. The van der Waals surface area contributed by atoms with Crippen molar-refractivity contribution in [3.63, 3.8) is 0 Å². The average Bonchev–Trinajstić information content (AvgIpc) is 2.91. The first kappa shape index (κ1) is 15.0. The van der Waals surface area contributed by atoms with E-state index in [2.05, 4.69) is 0 Å². The van der Waals surface area contributed by atoms with E-state index in [1.807, 2.05) is 32.9 Å². The van der Waals surface area contributed by atoms with Gasteiger partial charge in [-0.05, 0) is 63.6 Å². The van der Waals surface area contributed by atoms with Gasteiger partial charge in [-0.25, -0.2) is 0 Å². The lowest BCUT2D eigenvalue weighted by Crippen LogP contribution is -2.39. The van der Waals surface area contributed by atoms with Crippen LogP contribution in [-0.4, -0.2) is 25.1 Å². The van der Waals surface area contributed by atoms with Crippen LogP contribution in [0, 0.1) is 13.8 Å². The van der Waals surface area contributed by atoms with Crippen LogP contribution in [-0.2, 0) is 4.74 Å². The minimum Gasteiger partial charge on any atom is -0.496 e. The summed E-state index contributed by atoms with van der Waals surface area (Å²) >= 11 is 0. The Morgan fingerprint density at radius 1 is 1.25 bits per heavy atom. The van der Waals surface area contributed by atoms with Crippen molar-refractivity contribution in [1.29, 1.82) is 0 Å². The number of ketones is 1. The second-order valence-corrected chi connectivity index (χ2v) is 5.55. The molecule has 0 aliphatic heterocycles. The molecule has 0 N–H and O–H groups in total. The molecular weight excluding hydrogens is 252 g/mol. The van der Waals surface area contributed by atoms with Gasteiger partial charge < -0.3 is 9.47 Å². The van der Waals surface area contributed by atoms with Crippen LogP contribution in [0.15, 0.2) is 12.1 Å². The van der Waals surface area contributed by atoms with Gasteiger partial charge in [0.2, 0.25) is 0 Å². The molecule has 0 amide bonds. The van der Waals surface area contributed by atoms with Crippen LogP contribution in [0.2, 0.25) is 0 Å². The Morgan fingerprint density at radius 3 is 2.45 bits per heavy atom. The van der Waals surface area contributed by atoms with E-state index in [4.69, 9.17) is 9.47 Å². The third-order valence-corrected chi connectivity index (χ3v) is 4.37. The molecule has 3 nitrogen and oxygen atoms in total. The molecule has 110 valence electrons. The molecule has 0 saturated heterocycles. The van der Waals surface area contributed by atoms with Gasteiger partial charge >= 0.3 is 0 Å². The molecule has 2 rings (SSSR count). The summed E-state index contributed by atoms with van der Waals surface area (Å²) in [5, 5.41) is 0. The first-order valence-corrected chi connectivity index (χ1v) is 7.38. The van der Waals surface area contributed by atoms with Crippen molar-refractivity contribution in [3.8, 4) is 5.75 Å². The zero-order valence-corrected chi connectivity index (χ0v) is 12.9. The van der Waals surface area contributed by atoms with Crippen LogP contribution >= 0.6 is 0 Å². The van der Waals surface area contributed by atoms with E-state index in [1.54, 1.807) is 7.11 Å². The Hall–Kier alpha value is -1.35. The third-order valence-electron chi connectivity index (χ3n) is 4.37. The van der Waals surface area contributed by atoms with Gasteiger partial charge in [0, 0.05) is 6.61 Å². The Labute approximate surface area is 121 Å². The number of carbonyl (C=O) groups is 1. The van der Waals surface area contributed by atoms with E-state index in [9.17, 15) is 4.79 Å². The number of methoxy groups -OCH3 is 1. The van der Waals surface area contributed by atoms with Crippen LogP contribution in [0.3, 0.4) is 0 Å². The molecule has 1 aliphatic carbocycles. The molecule has 0 spiro atoms. The van der Waals surface area contributed by atoms with Crippen molar-refractivity contribution >= 4 is 5.78 Å². The van der Waals surface area contributed by atoms with Crippen molar-refractivity contribution in [2.75, 3.05) is 13.7 Å². The molecule has 1 fully saturated rings. The second kappa shape index (κ2) is 5.96. The first-order valence-electron chi connectivity index (χ1n) is 7.38. The summed E-state index contributed by atoms with van der Waals surface area (Å²) in [4.78, 5) is 13.0. The smallest absolute Gasteiger partial charge is 0.198 e. The van der Waals surface area contributed by atoms with Gasteiger partial charge in [-0.3, -0.25) is 4.79 Å². The zero-order valence-electron chi connectivity index (χ0n) is 12.9. The van der Waals surface area contributed by atoms with Gasteiger partial charge in [-0.15, -0.1) is 0 Å². The summed E-state index contributed by atoms with van der Waals surface area (Å²) in [7, 11) is 1.63. The van der Waals surface area contributed by atoms with Gasteiger partial charge in [-0.2, -0.15) is 0 Å². The molecule has 0 aromatic heterocycles. The minimum absolute atomic E-state index is 0.0804. The van der Waals surface area contributed by atoms with Gasteiger partial charge in [-0.1, -0.05) is 6.07 Å². The highest BCUT2D eigenvalue weighted by Crippen LogP contribution is 2.39. The lowest BCUT2D eigenvalue weighted by molar-refractivity contribution is -0.0165. The lowest BCUT2D eigenvalue weighted by Gasteiger charge is -2.28. The Balaban J connectivity index is 2.44. The predicted molar refractivity (Wildman–Crippen MR) is 79.6 cm³/mol. The number of aryl methyl sites for hydroxylation is 1. The second-order valence-electron chi connectivity index (χ2n) is 5.55. The van der Waals surface area contributed by atoms with E-state index >= 15 is 0 Å². The van der Waals surface area contributed by atoms with E-state index in [1.165, 1.54) is 0 Å². The van der Waals surface area contributed by atoms with Gasteiger partial charge in [0.25, 0.3) is 0 Å². The normalized spacial score (nSPS) is 17.2. The predicted octanol–water partition coefficient (Wildman–Crippen LogP) is 3.84. The number of hydrogen-bond acceptors (Lipinski definition) is 3. The molecular formula is C17H24O3. The van der Waals surface area contributed by atoms with Crippen molar-refractivity contribution in [1.82, 2.24) is 0 Å². The summed E-state index contributed by atoms with van der Waals surface area (Å²) < 4.78 is 11.4. The maximum atomic E-state index is 13.0. The number of hydrogen-bond donors (Lipinski definition) is 0. The molecule has 1 aliphatic rings. The Bertz CT molecular complexity index is 499. The standard InChI is InChI=1S/C17H24O3/c1-5-20-17(10-6-7-11-17)16(18)14-9-8-12(2)13(3)15(14)19-4/h8-9H,5-7,10-11H2,1-4H3. The van der Waals surface area contributed by atoms with Gasteiger partial charge in [0.05, 0.1) is 12.7 Å². The maximum Gasteiger partial charge on any atom is 0.198 e. The fourth-order valence-corrected chi connectivity index (χ4v) is 3.14. The van der Waals surface area contributed by atoms with Gasteiger partial charge in [0.15, 0.2) is 5.78 Å². The zero-order chi connectivity index (χ0) is 14.8. The SMILES string of the molecule is CCOC1(C(=O)c2ccc(C)c(C)c2OC)CCCC1. The van der Waals surface area contributed by atoms with Crippen molar-refractivity contribution in [3.05, 3.63) is 28.8 Å². The topological polar surface area (TPSA) is 35.5 Å². The fraction of sp³-hybridized carbons (Fsp3) is 0.588. The molecule has 0 radical (unpaired) electrons. The van der Waals surface area contributed by atoms with Gasteiger partial charge in [0.1, 0.15) is 11.4 Å². The molecule has 0 heterocycles. The van der Waals surface area contributed by atoms with E-state index in [0.29, 0.717) is 17.9 Å². The molecule has 20 heavy (non-hydrogen) atoms. The Morgan fingerprint density at radius 2 is 1.90 bits per heavy atom. The van der Waals surface area contributed by atoms with E-state index in [0.717, 1.165) is 36.8 Å². The van der Waals surface area contributed by atoms with Crippen LogP contribution in [0.5, 0.6) is 5.75 Å². The average molecular weight is 276 g/mol. The minimum atomic E-state index is -0.635. The summed E-state index contributed by atoms with van der Waals surface area (Å²) in [6.45, 7) is 6.54. The third kappa shape index (κ3) is 2.47. The van der Waals surface area contributed by atoms with Crippen molar-refractivity contribution in [2.45, 2.75) is 52.1 Å². The largest absolute Gasteiger partial charge is 0.496 e. The lowest BCUT2D eigenvalue weighted by atomic mass is 9.88. The molecule has 1 aromatic rings. The molecule has 0 unspecified atom stereocenters. The number of rotatable bonds is 5. The first-order chi connectivity index (χ1) is 9.55. The maximum absolute atomic E-state index is 13.0. The molecule has 0 atom stereocenters. The Kier molecular flexibility index (Phi) is 4.48. The van der Waals surface area contributed by atoms with Crippen LogP contribution in [0.25, 0.3) is 0 Å².